The molecular weight excluding hydrogens is 396 g/mol. The van der Waals surface area contributed by atoms with Crippen LogP contribution < -0.4 is 4.72 Å². The average Bonchev–Trinajstić information content (AvgIpc) is 3.08. The van der Waals surface area contributed by atoms with Crippen molar-refractivity contribution in [1.82, 2.24) is 9.71 Å². The quantitative estimate of drug-likeness (QED) is 0.692. The third kappa shape index (κ3) is 4.06. The maximum atomic E-state index is 12.3. The van der Waals surface area contributed by atoms with Gasteiger partial charge < -0.3 is 0 Å². The standard InChI is InChI=1S/C16H13BrN2O2S2/c17-14-3-5-15(6-4-14)23(20,21)19-10-12-8-13(11-18-9-12)16-2-1-7-22-16/h1-9,11,19H,10H2. The second-order valence-corrected chi connectivity index (χ2v) is 8.47. The van der Waals surface area contributed by atoms with E-state index in [9.17, 15) is 8.42 Å². The molecule has 0 spiro atoms. The number of sulfonamides is 1. The Balaban J connectivity index is 1.75. The van der Waals surface area contributed by atoms with Crippen LogP contribution in [0.1, 0.15) is 5.56 Å². The summed E-state index contributed by atoms with van der Waals surface area (Å²) in [5.41, 5.74) is 1.80. The molecule has 7 heteroatoms. The molecule has 3 aromatic rings. The highest BCUT2D eigenvalue weighted by Crippen LogP contribution is 2.24. The van der Waals surface area contributed by atoms with Crippen molar-refractivity contribution in [3.63, 3.8) is 0 Å². The predicted molar refractivity (Wildman–Crippen MR) is 95.7 cm³/mol. The van der Waals surface area contributed by atoms with Gasteiger partial charge in [-0.3, -0.25) is 4.98 Å². The number of halogens is 1. The minimum Gasteiger partial charge on any atom is -0.264 e. The lowest BCUT2D eigenvalue weighted by atomic mass is 10.2. The minimum absolute atomic E-state index is 0.199. The molecule has 0 aliphatic carbocycles. The average molecular weight is 409 g/mol. The van der Waals surface area contributed by atoms with Crippen LogP contribution >= 0.6 is 27.3 Å². The summed E-state index contributed by atoms with van der Waals surface area (Å²) in [5.74, 6) is 0. The van der Waals surface area contributed by atoms with Crippen LogP contribution in [0.25, 0.3) is 10.4 Å². The number of thiophene rings is 1. The molecule has 23 heavy (non-hydrogen) atoms. The molecule has 2 heterocycles. The Hall–Kier alpha value is -1.54. The zero-order chi connectivity index (χ0) is 16.3. The van der Waals surface area contributed by atoms with Crippen LogP contribution in [-0.4, -0.2) is 13.4 Å². The predicted octanol–water partition coefficient (Wildman–Crippen LogP) is 4.05. The number of nitrogens with zero attached hydrogens (tertiary/aromatic N) is 1. The molecule has 1 N–H and O–H groups in total. The van der Waals surface area contributed by atoms with Gasteiger partial charge in [-0.1, -0.05) is 22.0 Å². The molecular formula is C16H13BrN2O2S2. The molecule has 0 bridgehead atoms. The van der Waals surface area contributed by atoms with E-state index in [1.54, 1.807) is 48.0 Å². The van der Waals surface area contributed by atoms with Crippen molar-refractivity contribution in [1.29, 1.82) is 0 Å². The first-order valence-corrected chi connectivity index (χ1v) is 9.93. The van der Waals surface area contributed by atoms with E-state index in [1.165, 1.54) is 0 Å². The fraction of sp³-hybridized carbons (Fsp3) is 0.0625. The molecule has 0 unspecified atom stereocenters. The summed E-state index contributed by atoms with van der Waals surface area (Å²) in [7, 11) is -3.54. The molecule has 0 aliphatic heterocycles. The van der Waals surface area contributed by atoms with Crippen molar-refractivity contribution in [3.05, 3.63) is 70.3 Å². The Morgan fingerprint density at radius 1 is 1.13 bits per heavy atom. The van der Waals surface area contributed by atoms with E-state index in [1.807, 2.05) is 23.6 Å². The molecule has 0 aliphatic rings. The first-order valence-electron chi connectivity index (χ1n) is 6.78. The van der Waals surface area contributed by atoms with Gasteiger partial charge in [0.15, 0.2) is 0 Å². The Morgan fingerprint density at radius 3 is 2.61 bits per heavy atom. The molecule has 118 valence electrons. The van der Waals surface area contributed by atoms with Gasteiger partial charge >= 0.3 is 0 Å². The highest BCUT2D eigenvalue weighted by molar-refractivity contribution is 9.10. The van der Waals surface area contributed by atoms with Crippen LogP contribution in [0, 0.1) is 0 Å². The first-order chi connectivity index (χ1) is 11.0. The van der Waals surface area contributed by atoms with E-state index in [0.717, 1.165) is 20.5 Å². The Morgan fingerprint density at radius 2 is 1.91 bits per heavy atom. The van der Waals surface area contributed by atoms with Gasteiger partial charge in [0, 0.05) is 33.9 Å². The lowest BCUT2D eigenvalue weighted by Crippen LogP contribution is -2.23. The molecule has 4 nitrogen and oxygen atoms in total. The van der Waals surface area contributed by atoms with Gasteiger partial charge in [0.2, 0.25) is 10.0 Å². The summed E-state index contributed by atoms with van der Waals surface area (Å²) in [4.78, 5) is 5.54. The molecule has 0 saturated carbocycles. The van der Waals surface area contributed by atoms with Crippen LogP contribution in [-0.2, 0) is 16.6 Å². The molecule has 1 aromatic carbocycles. The van der Waals surface area contributed by atoms with E-state index < -0.39 is 10.0 Å². The van der Waals surface area contributed by atoms with Crippen molar-refractivity contribution in [2.24, 2.45) is 0 Å². The largest absolute Gasteiger partial charge is 0.264 e. The number of hydrogen-bond donors (Lipinski definition) is 1. The fourth-order valence-corrected chi connectivity index (χ4v) is 4.03. The number of benzene rings is 1. The maximum Gasteiger partial charge on any atom is 0.240 e. The first kappa shape index (κ1) is 16.3. The number of pyridine rings is 1. The van der Waals surface area contributed by atoms with Gasteiger partial charge in [-0.05, 0) is 47.3 Å². The highest BCUT2D eigenvalue weighted by atomic mass is 79.9. The topological polar surface area (TPSA) is 59.1 Å². The summed E-state index contributed by atoms with van der Waals surface area (Å²) < 4.78 is 28.0. The summed E-state index contributed by atoms with van der Waals surface area (Å²) in [6.07, 6.45) is 3.44. The fourth-order valence-electron chi connectivity index (χ4n) is 2.04. The van der Waals surface area contributed by atoms with E-state index in [-0.39, 0.29) is 11.4 Å². The van der Waals surface area contributed by atoms with Crippen molar-refractivity contribution in [3.8, 4) is 10.4 Å². The Kier molecular flexibility index (Phi) is 4.91. The highest BCUT2D eigenvalue weighted by Gasteiger charge is 2.13. The normalized spacial score (nSPS) is 11.5. The molecule has 2 aromatic heterocycles. The van der Waals surface area contributed by atoms with Crippen molar-refractivity contribution in [2.45, 2.75) is 11.4 Å². The summed E-state index contributed by atoms with van der Waals surface area (Å²) in [5, 5.41) is 2.00. The molecule has 0 radical (unpaired) electrons. The van der Waals surface area contributed by atoms with Gasteiger partial charge in [0.05, 0.1) is 4.90 Å². The smallest absolute Gasteiger partial charge is 0.240 e. The second kappa shape index (κ2) is 6.92. The minimum atomic E-state index is -3.54. The van der Waals surface area contributed by atoms with Crippen LogP contribution in [0.5, 0.6) is 0 Å². The molecule has 3 rings (SSSR count). The summed E-state index contributed by atoms with van der Waals surface area (Å²) >= 11 is 4.92. The third-order valence-electron chi connectivity index (χ3n) is 3.19. The number of nitrogens with one attached hydrogen (secondary N) is 1. The molecule has 0 fully saturated rings. The zero-order valence-corrected chi connectivity index (χ0v) is 15.2. The summed E-state index contributed by atoms with van der Waals surface area (Å²) in [6.45, 7) is 0.199. The summed E-state index contributed by atoms with van der Waals surface area (Å²) in [6, 6.07) is 12.5. The monoisotopic (exact) mass is 408 g/mol. The van der Waals surface area contributed by atoms with Crippen LogP contribution in [0.3, 0.4) is 0 Å². The number of aromatic nitrogens is 1. The van der Waals surface area contributed by atoms with Gasteiger partial charge in [0.1, 0.15) is 0 Å². The second-order valence-electron chi connectivity index (χ2n) is 4.84. The molecule has 0 atom stereocenters. The number of rotatable bonds is 5. The van der Waals surface area contributed by atoms with E-state index in [0.29, 0.717) is 0 Å². The Labute approximate surface area is 147 Å². The third-order valence-corrected chi connectivity index (χ3v) is 6.06. The van der Waals surface area contributed by atoms with Gasteiger partial charge in [-0.15, -0.1) is 11.3 Å². The van der Waals surface area contributed by atoms with Crippen molar-refractivity contribution < 1.29 is 8.42 Å². The molecule has 0 saturated heterocycles. The van der Waals surface area contributed by atoms with Gasteiger partial charge in [-0.2, -0.15) is 0 Å². The van der Waals surface area contributed by atoms with Crippen LogP contribution in [0.4, 0.5) is 0 Å². The van der Waals surface area contributed by atoms with E-state index in [4.69, 9.17) is 0 Å². The van der Waals surface area contributed by atoms with E-state index >= 15 is 0 Å². The van der Waals surface area contributed by atoms with E-state index in [2.05, 4.69) is 25.6 Å². The zero-order valence-electron chi connectivity index (χ0n) is 11.9. The molecule has 0 amide bonds. The van der Waals surface area contributed by atoms with Crippen molar-refractivity contribution >= 4 is 37.3 Å². The van der Waals surface area contributed by atoms with Crippen LogP contribution in [0.15, 0.2) is 69.6 Å². The maximum absolute atomic E-state index is 12.3. The lowest BCUT2D eigenvalue weighted by Gasteiger charge is -2.08. The van der Waals surface area contributed by atoms with Crippen molar-refractivity contribution in [2.75, 3.05) is 0 Å². The van der Waals surface area contributed by atoms with Gasteiger partial charge in [0.25, 0.3) is 0 Å². The van der Waals surface area contributed by atoms with Gasteiger partial charge in [-0.25, -0.2) is 13.1 Å². The van der Waals surface area contributed by atoms with Crippen LogP contribution in [0.2, 0.25) is 0 Å². The Bertz CT molecular complexity index is 892. The SMILES string of the molecule is O=S(=O)(NCc1cncc(-c2cccs2)c1)c1ccc(Br)cc1. The lowest BCUT2D eigenvalue weighted by molar-refractivity contribution is 0.581. The number of hydrogen-bond acceptors (Lipinski definition) is 4.